The number of benzene rings is 2. The predicted molar refractivity (Wildman–Crippen MR) is 96.7 cm³/mol. The standard InChI is InChI=1S/C20H21N3O2/c1-14-8-9-16(12-18(14)25-2)20(24)23-17(13-19-21-10-11-22-19)15-6-4-3-5-7-15/h3-12,17H,13H2,1-2H3,(H,21,22)(H,23,24)/t17-/m1/s1. The van der Waals surface area contributed by atoms with Gasteiger partial charge in [0, 0.05) is 24.4 Å². The monoisotopic (exact) mass is 335 g/mol. The van der Waals surface area contributed by atoms with Crippen LogP contribution in [0, 0.1) is 6.92 Å². The molecule has 5 nitrogen and oxygen atoms in total. The van der Waals surface area contributed by atoms with E-state index in [9.17, 15) is 4.79 Å². The van der Waals surface area contributed by atoms with Gasteiger partial charge < -0.3 is 15.0 Å². The van der Waals surface area contributed by atoms with Gasteiger partial charge in [-0.1, -0.05) is 36.4 Å². The molecule has 3 rings (SSSR count). The number of imidazole rings is 1. The fraction of sp³-hybridized carbons (Fsp3) is 0.200. The van der Waals surface area contributed by atoms with E-state index in [1.165, 1.54) is 0 Å². The maximum atomic E-state index is 12.7. The Morgan fingerprint density at radius 2 is 2.04 bits per heavy atom. The summed E-state index contributed by atoms with van der Waals surface area (Å²) in [6.45, 7) is 1.95. The third kappa shape index (κ3) is 4.07. The summed E-state index contributed by atoms with van der Waals surface area (Å²) >= 11 is 0. The van der Waals surface area contributed by atoms with Crippen LogP contribution in [0.3, 0.4) is 0 Å². The van der Waals surface area contributed by atoms with Crippen molar-refractivity contribution < 1.29 is 9.53 Å². The van der Waals surface area contributed by atoms with E-state index in [2.05, 4.69) is 15.3 Å². The molecule has 0 saturated carbocycles. The number of nitrogens with one attached hydrogen (secondary N) is 2. The van der Waals surface area contributed by atoms with E-state index in [4.69, 9.17) is 4.74 Å². The van der Waals surface area contributed by atoms with Crippen molar-refractivity contribution in [3.05, 3.63) is 83.4 Å². The number of carbonyl (C=O) groups excluding carboxylic acids is 1. The van der Waals surface area contributed by atoms with Gasteiger partial charge in [-0.2, -0.15) is 0 Å². The van der Waals surface area contributed by atoms with Crippen LogP contribution in [0.1, 0.15) is 33.4 Å². The number of ether oxygens (including phenoxy) is 1. The van der Waals surface area contributed by atoms with E-state index >= 15 is 0 Å². The molecule has 2 N–H and O–H groups in total. The van der Waals surface area contributed by atoms with Crippen LogP contribution in [0.5, 0.6) is 5.75 Å². The Bertz CT molecular complexity index is 829. The first-order valence-electron chi connectivity index (χ1n) is 8.16. The average molecular weight is 335 g/mol. The van der Waals surface area contributed by atoms with Gasteiger partial charge in [-0.15, -0.1) is 0 Å². The highest BCUT2D eigenvalue weighted by molar-refractivity contribution is 5.95. The number of aryl methyl sites for hydroxylation is 1. The van der Waals surface area contributed by atoms with Crippen LogP contribution in [0.4, 0.5) is 0 Å². The molecule has 1 aromatic heterocycles. The second kappa shape index (κ2) is 7.66. The zero-order valence-electron chi connectivity index (χ0n) is 14.3. The molecular formula is C20H21N3O2. The fourth-order valence-corrected chi connectivity index (χ4v) is 2.74. The Hall–Kier alpha value is -3.08. The second-order valence-corrected chi connectivity index (χ2v) is 5.86. The third-order valence-electron chi connectivity index (χ3n) is 4.13. The van der Waals surface area contributed by atoms with Crippen LogP contribution < -0.4 is 10.1 Å². The number of methoxy groups -OCH3 is 1. The Labute approximate surface area is 147 Å². The van der Waals surface area contributed by atoms with Crippen LogP contribution in [0.15, 0.2) is 60.9 Å². The van der Waals surface area contributed by atoms with Gasteiger partial charge in [-0.25, -0.2) is 4.98 Å². The second-order valence-electron chi connectivity index (χ2n) is 5.86. The lowest BCUT2D eigenvalue weighted by atomic mass is 10.0. The van der Waals surface area contributed by atoms with Crippen molar-refractivity contribution in [1.82, 2.24) is 15.3 Å². The maximum Gasteiger partial charge on any atom is 0.251 e. The number of hydrogen-bond acceptors (Lipinski definition) is 3. The van der Waals surface area contributed by atoms with Crippen molar-refractivity contribution in [1.29, 1.82) is 0 Å². The van der Waals surface area contributed by atoms with E-state index in [-0.39, 0.29) is 11.9 Å². The largest absolute Gasteiger partial charge is 0.496 e. The van der Waals surface area contributed by atoms with Gasteiger partial charge in [0.1, 0.15) is 11.6 Å². The molecule has 0 radical (unpaired) electrons. The van der Waals surface area contributed by atoms with Gasteiger partial charge in [0.2, 0.25) is 0 Å². The summed E-state index contributed by atoms with van der Waals surface area (Å²) in [5.74, 6) is 1.39. The number of carbonyl (C=O) groups is 1. The predicted octanol–water partition coefficient (Wildman–Crippen LogP) is 3.44. The lowest BCUT2D eigenvalue weighted by Gasteiger charge is -2.19. The van der Waals surface area contributed by atoms with E-state index in [1.807, 2.05) is 49.4 Å². The number of H-pyrrole nitrogens is 1. The zero-order chi connectivity index (χ0) is 17.6. The van der Waals surface area contributed by atoms with Crippen LogP contribution in [-0.4, -0.2) is 23.0 Å². The Morgan fingerprint density at radius 3 is 2.72 bits per heavy atom. The van der Waals surface area contributed by atoms with E-state index in [0.717, 1.165) is 17.0 Å². The lowest BCUT2D eigenvalue weighted by Crippen LogP contribution is -2.30. The highest BCUT2D eigenvalue weighted by Gasteiger charge is 2.18. The lowest BCUT2D eigenvalue weighted by molar-refractivity contribution is 0.0936. The molecule has 3 aromatic rings. The number of amides is 1. The highest BCUT2D eigenvalue weighted by Crippen LogP contribution is 2.21. The third-order valence-corrected chi connectivity index (χ3v) is 4.13. The molecule has 25 heavy (non-hydrogen) atoms. The molecule has 1 heterocycles. The zero-order valence-corrected chi connectivity index (χ0v) is 14.3. The van der Waals surface area contributed by atoms with Crippen molar-refractivity contribution in [3.63, 3.8) is 0 Å². The first kappa shape index (κ1) is 16.8. The number of aromatic amines is 1. The average Bonchev–Trinajstić information content (AvgIpc) is 3.15. The molecule has 0 spiro atoms. The van der Waals surface area contributed by atoms with Crippen molar-refractivity contribution in [2.24, 2.45) is 0 Å². The highest BCUT2D eigenvalue weighted by atomic mass is 16.5. The minimum absolute atomic E-state index is 0.140. The summed E-state index contributed by atoms with van der Waals surface area (Å²) in [7, 11) is 1.60. The molecule has 0 aliphatic carbocycles. The SMILES string of the molecule is COc1cc(C(=O)N[C@H](Cc2ncc[nH]2)c2ccccc2)ccc1C. The molecule has 1 amide bonds. The van der Waals surface area contributed by atoms with Crippen molar-refractivity contribution in [2.45, 2.75) is 19.4 Å². The van der Waals surface area contributed by atoms with Gasteiger partial charge in [0.15, 0.2) is 0 Å². The minimum Gasteiger partial charge on any atom is -0.496 e. The van der Waals surface area contributed by atoms with Gasteiger partial charge in [0.05, 0.1) is 13.2 Å². The number of nitrogens with zero attached hydrogens (tertiary/aromatic N) is 1. The molecular weight excluding hydrogens is 314 g/mol. The number of hydrogen-bond donors (Lipinski definition) is 2. The molecule has 1 atom stereocenters. The molecule has 2 aromatic carbocycles. The summed E-state index contributed by atoms with van der Waals surface area (Å²) in [4.78, 5) is 20.1. The molecule has 0 fully saturated rings. The Morgan fingerprint density at radius 1 is 1.24 bits per heavy atom. The van der Waals surface area contributed by atoms with Crippen LogP contribution in [0.25, 0.3) is 0 Å². The van der Waals surface area contributed by atoms with Gasteiger partial charge >= 0.3 is 0 Å². The first-order valence-corrected chi connectivity index (χ1v) is 8.16. The van der Waals surface area contributed by atoms with E-state index in [1.54, 1.807) is 25.6 Å². The molecule has 0 bridgehead atoms. The maximum absolute atomic E-state index is 12.7. The molecule has 5 heteroatoms. The van der Waals surface area contributed by atoms with Crippen molar-refractivity contribution in [2.75, 3.05) is 7.11 Å². The summed E-state index contributed by atoms with van der Waals surface area (Å²) in [5, 5.41) is 3.10. The fourth-order valence-electron chi connectivity index (χ4n) is 2.74. The van der Waals surface area contributed by atoms with Crippen LogP contribution >= 0.6 is 0 Å². The summed E-state index contributed by atoms with van der Waals surface area (Å²) < 4.78 is 5.32. The normalized spacial score (nSPS) is 11.8. The Balaban J connectivity index is 1.83. The van der Waals surface area contributed by atoms with Crippen molar-refractivity contribution in [3.8, 4) is 5.75 Å². The first-order chi connectivity index (χ1) is 12.2. The van der Waals surface area contributed by atoms with Gasteiger partial charge in [-0.05, 0) is 30.2 Å². The molecule has 128 valence electrons. The summed E-state index contributed by atoms with van der Waals surface area (Å²) in [6.07, 6.45) is 4.08. The topological polar surface area (TPSA) is 67.0 Å². The van der Waals surface area contributed by atoms with Gasteiger partial charge in [0.25, 0.3) is 5.91 Å². The summed E-state index contributed by atoms with van der Waals surface area (Å²) in [6, 6.07) is 15.2. The Kier molecular flexibility index (Phi) is 5.14. The number of rotatable bonds is 6. The molecule has 0 unspecified atom stereocenters. The molecule has 0 aliphatic rings. The van der Waals surface area contributed by atoms with Crippen LogP contribution in [-0.2, 0) is 6.42 Å². The number of aromatic nitrogens is 2. The van der Waals surface area contributed by atoms with Gasteiger partial charge in [-0.3, -0.25) is 4.79 Å². The molecule has 0 aliphatic heterocycles. The molecule has 0 saturated heterocycles. The quantitative estimate of drug-likeness (QED) is 0.725. The minimum atomic E-state index is -0.174. The van der Waals surface area contributed by atoms with E-state index < -0.39 is 0 Å². The van der Waals surface area contributed by atoms with Crippen LogP contribution in [0.2, 0.25) is 0 Å². The summed E-state index contributed by atoms with van der Waals surface area (Å²) in [5.41, 5.74) is 2.60. The van der Waals surface area contributed by atoms with Crippen molar-refractivity contribution >= 4 is 5.91 Å². The smallest absolute Gasteiger partial charge is 0.251 e. The van der Waals surface area contributed by atoms with E-state index in [0.29, 0.717) is 17.7 Å².